The van der Waals surface area contributed by atoms with E-state index < -0.39 is 0 Å². The first-order valence-corrected chi connectivity index (χ1v) is 5.76. The van der Waals surface area contributed by atoms with Gasteiger partial charge in [-0.15, -0.1) is 6.58 Å². The fourth-order valence-electron chi connectivity index (χ4n) is 1.82. The molecule has 0 spiro atoms. The van der Waals surface area contributed by atoms with E-state index in [0.29, 0.717) is 35.8 Å². The number of nitrogens with two attached hydrogens (primary N) is 1. The van der Waals surface area contributed by atoms with Crippen molar-refractivity contribution >= 4 is 11.6 Å². The van der Waals surface area contributed by atoms with E-state index >= 15 is 0 Å². The minimum atomic E-state index is -0.131. The number of fused-ring (bicyclic) bond motifs is 1. The van der Waals surface area contributed by atoms with Gasteiger partial charge in [-0.05, 0) is 13.0 Å². The summed E-state index contributed by atoms with van der Waals surface area (Å²) in [5, 5.41) is 0. The van der Waals surface area contributed by atoms with Crippen LogP contribution in [0.4, 0.5) is 5.69 Å². The Bertz CT molecular complexity index is 485. The molecule has 0 unspecified atom stereocenters. The molecule has 1 aromatic carbocycles. The predicted molar refractivity (Wildman–Crippen MR) is 68.8 cm³/mol. The maximum absolute atomic E-state index is 12.3. The molecule has 2 rings (SSSR count). The van der Waals surface area contributed by atoms with Crippen molar-refractivity contribution in [2.24, 2.45) is 0 Å². The first-order chi connectivity index (χ1) is 8.67. The lowest BCUT2D eigenvalue weighted by molar-refractivity contribution is 0.0782. The Hall–Kier alpha value is -2.17. The van der Waals surface area contributed by atoms with Crippen molar-refractivity contribution in [2.75, 3.05) is 25.6 Å². The van der Waals surface area contributed by atoms with Crippen LogP contribution in [-0.2, 0) is 0 Å². The van der Waals surface area contributed by atoms with Crippen LogP contribution < -0.4 is 15.2 Å². The number of nitrogens with zero attached hydrogens (tertiary/aromatic N) is 1. The zero-order valence-electron chi connectivity index (χ0n) is 10.3. The van der Waals surface area contributed by atoms with Gasteiger partial charge in [-0.2, -0.15) is 0 Å². The average molecular weight is 248 g/mol. The molecular weight excluding hydrogens is 232 g/mol. The largest absolute Gasteiger partial charge is 0.454 e. The summed E-state index contributed by atoms with van der Waals surface area (Å²) >= 11 is 0. The quantitative estimate of drug-likeness (QED) is 0.650. The molecule has 1 heterocycles. The average Bonchev–Trinajstić information content (AvgIpc) is 2.81. The third-order valence-electron chi connectivity index (χ3n) is 2.79. The Kier molecular flexibility index (Phi) is 3.41. The van der Waals surface area contributed by atoms with E-state index in [4.69, 9.17) is 15.2 Å². The molecule has 0 saturated carbocycles. The number of amides is 1. The highest BCUT2D eigenvalue weighted by Crippen LogP contribution is 2.36. The predicted octanol–water partition coefficient (Wildman–Crippen LogP) is 1.65. The number of carbonyl (C=O) groups is 1. The number of anilines is 1. The molecule has 1 aliphatic heterocycles. The Morgan fingerprint density at radius 2 is 2.17 bits per heavy atom. The molecule has 0 aliphatic carbocycles. The fraction of sp³-hybridized carbons (Fsp3) is 0.308. The molecule has 1 aliphatic rings. The summed E-state index contributed by atoms with van der Waals surface area (Å²) in [6.45, 7) is 6.79. The summed E-state index contributed by atoms with van der Waals surface area (Å²) in [4.78, 5) is 13.9. The molecule has 2 N–H and O–H groups in total. The lowest BCUT2D eigenvalue weighted by Gasteiger charge is -2.20. The van der Waals surface area contributed by atoms with E-state index in [1.165, 1.54) is 0 Å². The minimum Gasteiger partial charge on any atom is -0.454 e. The van der Waals surface area contributed by atoms with Crippen LogP contribution in [0.2, 0.25) is 0 Å². The first-order valence-electron chi connectivity index (χ1n) is 5.76. The molecule has 0 atom stereocenters. The topological polar surface area (TPSA) is 64.8 Å². The van der Waals surface area contributed by atoms with Crippen molar-refractivity contribution in [2.45, 2.75) is 6.92 Å². The van der Waals surface area contributed by atoms with Gasteiger partial charge in [0, 0.05) is 24.8 Å². The molecule has 1 amide bonds. The molecule has 0 aromatic heterocycles. The number of hydrogen-bond donors (Lipinski definition) is 1. The van der Waals surface area contributed by atoms with E-state index in [1.54, 1.807) is 23.1 Å². The van der Waals surface area contributed by atoms with E-state index in [0.717, 1.165) is 0 Å². The fourth-order valence-corrected chi connectivity index (χ4v) is 1.82. The number of hydrogen-bond acceptors (Lipinski definition) is 4. The van der Waals surface area contributed by atoms with Gasteiger partial charge in [0.2, 0.25) is 6.79 Å². The van der Waals surface area contributed by atoms with E-state index in [2.05, 4.69) is 6.58 Å². The zero-order valence-corrected chi connectivity index (χ0v) is 10.3. The van der Waals surface area contributed by atoms with Gasteiger partial charge in [0.15, 0.2) is 11.5 Å². The van der Waals surface area contributed by atoms with Gasteiger partial charge in [0.05, 0.1) is 5.56 Å². The van der Waals surface area contributed by atoms with E-state index in [9.17, 15) is 4.79 Å². The Morgan fingerprint density at radius 1 is 1.50 bits per heavy atom. The summed E-state index contributed by atoms with van der Waals surface area (Å²) in [6, 6.07) is 3.25. The van der Waals surface area contributed by atoms with Crippen LogP contribution in [0.25, 0.3) is 0 Å². The summed E-state index contributed by atoms with van der Waals surface area (Å²) in [6.07, 6.45) is 1.69. The van der Waals surface area contributed by atoms with Gasteiger partial charge in [-0.1, -0.05) is 6.08 Å². The summed E-state index contributed by atoms with van der Waals surface area (Å²) in [5.74, 6) is 1.01. The SMILES string of the molecule is C=CCN(CC)C(=O)c1cc2c(cc1N)OCO2. The second-order valence-electron chi connectivity index (χ2n) is 3.93. The van der Waals surface area contributed by atoms with Gasteiger partial charge in [0.1, 0.15) is 0 Å². The van der Waals surface area contributed by atoms with Crippen LogP contribution in [0.15, 0.2) is 24.8 Å². The van der Waals surface area contributed by atoms with Crippen LogP contribution in [0, 0.1) is 0 Å². The number of rotatable bonds is 4. The van der Waals surface area contributed by atoms with Gasteiger partial charge < -0.3 is 20.1 Å². The molecule has 5 heteroatoms. The van der Waals surface area contributed by atoms with Crippen molar-refractivity contribution < 1.29 is 14.3 Å². The maximum Gasteiger partial charge on any atom is 0.256 e. The summed E-state index contributed by atoms with van der Waals surface area (Å²) in [7, 11) is 0. The molecule has 0 bridgehead atoms. The number of ether oxygens (including phenoxy) is 2. The second-order valence-corrected chi connectivity index (χ2v) is 3.93. The Balaban J connectivity index is 2.32. The lowest BCUT2D eigenvalue weighted by Crippen LogP contribution is -2.31. The third-order valence-corrected chi connectivity index (χ3v) is 2.79. The highest BCUT2D eigenvalue weighted by molar-refractivity contribution is 6.00. The molecule has 96 valence electrons. The van der Waals surface area contributed by atoms with Crippen molar-refractivity contribution in [3.8, 4) is 11.5 Å². The normalized spacial score (nSPS) is 12.3. The summed E-state index contributed by atoms with van der Waals surface area (Å²) < 4.78 is 10.5. The number of benzene rings is 1. The van der Waals surface area contributed by atoms with Gasteiger partial charge in [-0.25, -0.2) is 0 Å². The monoisotopic (exact) mass is 248 g/mol. The van der Waals surface area contributed by atoms with Crippen molar-refractivity contribution in [1.82, 2.24) is 4.90 Å². The van der Waals surface area contributed by atoms with Crippen LogP contribution >= 0.6 is 0 Å². The summed E-state index contributed by atoms with van der Waals surface area (Å²) in [5.41, 5.74) is 6.70. The highest BCUT2D eigenvalue weighted by atomic mass is 16.7. The number of likely N-dealkylation sites (N-methyl/N-ethyl adjacent to an activating group) is 1. The van der Waals surface area contributed by atoms with Crippen molar-refractivity contribution in [1.29, 1.82) is 0 Å². The van der Waals surface area contributed by atoms with E-state index in [1.807, 2.05) is 6.92 Å². The molecule has 0 radical (unpaired) electrons. The Morgan fingerprint density at radius 3 is 2.78 bits per heavy atom. The standard InChI is InChI=1S/C13H16N2O3/c1-3-5-15(4-2)13(16)9-6-11-12(7-10(9)14)18-8-17-11/h3,6-7H,1,4-5,8,14H2,2H3. The molecular formula is C13H16N2O3. The van der Waals surface area contributed by atoms with Gasteiger partial charge in [0.25, 0.3) is 5.91 Å². The highest BCUT2D eigenvalue weighted by Gasteiger charge is 2.22. The lowest BCUT2D eigenvalue weighted by atomic mass is 10.1. The maximum atomic E-state index is 12.3. The third kappa shape index (κ3) is 2.11. The second kappa shape index (κ2) is 5.00. The van der Waals surface area contributed by atoms with Crippen LogP contribution in [-0.4, -0.2) is 30.7 Å². The zero-order chi connectivity index (χ0) is 13.1. The van der Waals surface area contributed by atoms with Crippen LogP contribution in [0.1, 0.15) is 17.3 Å². The Labute approximate surface area is 106 Å². The molecule has 0 saturated heterocycles. The number of carbonyl (C=O) groups excluding carboxylic acids is 1. The molecule has 18 heavy (non-hydrogen) atoms. The smallest absolute Gasteiger partial charge is 0.256 e. The molecule has 1 aromatic rings. The van der Waals surface area contributed by atoms with Crippen LogP contribution in [0.5, 0.6) is 11.5 Å². The first kappa shape index (κ1) is 12.3. The number of nitrogen functional groups attached to an aromatic ring is 1. The van der Waals surface area contributed by atoms with Crippen LogP contribution in [0.3, 0.4) is 0 Å². The van der Waals surface area contributed by atoms with E-state index in [-0.39, 0.29) is 12.7 Å². The molecule has 0 fully saturated rings. The van der Waals surface area contributed by atoms with Crippen molar-refractivity contribution in [3.63, 3.8) is 0 Å². The van der Waals surface area contributed by atoms with Crippen molar-refractivity contribution in [3.05, 3.63) is 30.4 Å². The van der Waals surface area contributed by atoms with Gasteiger partial charge >= 0.3 is 0 Å². The minimum absolute atomic E-state index is 0.131. The van der Waals surface area contributed by atoms with Gasteiger partial charge in [-0.3, -0.25) is 4.79 Å². The molecule has 5 nitrogen and oxygen atoms in total.